The van der Waals surface area contributed by atoms with Crippen molar-refractivity contribution >= 4 is 27.5 Å². The summed E-state index contributed by atoms with van der Waals surface area (Å²) in [4.78, 5) is 2.55. The van der Waals surface area contributed by atoms with Gasteiger partial charge >= 0.3 is 0 Å². The minimum Gasteiger partial charge on any atom is -0.311 e. The van der Waals surface area contributed by atoms with E-state index in [-0.39, 0.29) is 0 Å². The fraction of sp³-hybridized carbons (Fsp3) is 0.571. The lowest BCUT2D eigenvalue weighted by Crippen LogP contribution is -2.35. The molecule has 1 aromatic carbocycles. The van der Waals surface area contributed by atoms with E-state index in [1.807, 2.05) is 6.07 Å². The molecule has 4 heteroatoms. The molecule has 2 nitrogen and oxygen atoms in total. The van der Waals surface area contributed by atoms with Crippen molar-refractivity contribution in [2.75, 3.05) is 26.2 Å². The van der Waals surface area contributed by atoms with Gasteiger partial charge in [0.2, 0.25) is 0 Å². The minimum absolute atomic E-state index is 0.770. The predicted molar refractivity (Wildman–Crippen MR) is 81.1 cm³/mol. The van der Waals surface area contributed by atoms with Crippen molar-refractivity contribution in [3.8, 4) is 0 Å². The number of hydrogen-bond acceptors (Lipinski definition) is 2. The lowest BCUT2D eigenvalue weighted by molar-refractivity contribution is 0.229. The van der Waals surface area contributed by atoms with Crippen LogP contribution >= 0.6 is 27.5 Å². The topological polar surface area (TPSA) is 15.3 Å². The van der Waals surface area contributed by atoms with Gasteiger partial charge in [-0.3, -0.25) is 0 Å². The van der Waals surface area contributed by atoms with Crippen molar-refractivity contribution in [2.24, 2.45) is 0 Å². The molecule has 0 spiro atoms. The molecule has 1 saturated heterocycles. The average molecular weight is 332 g/mol. The van der Waals surface area contributed by atoms with Crippen LogP contribution in [-0.4, -0.2) is 31.1 Å². The highest BCUT2D eigenvalue weighted by Gasteiger charge is 2.08. The van der Waals surface area contributed by atoms with Gasteiger partial charge in [0.05, 0.1) is 5.02 Å². The first kappa shape index (κ1) is 14.3. The Hall–Kier alpha value is -0.0900. The zero-order valence-electron chi connectivity index (χ0n) is 10.6. The van der Waals surface area contributed by atoms with Crippen LogP contribution < -0.4 is 5.32 Å². The number of piperidine rings is 1. The molecule has 1 heterocycles. The molecule has 1 aliphatic heterocycles. The number of hydrogen-bond donors (Lipinski definition) is 1. The number of nitrogens with zero attached hydrogens (tertiary/aromatic N) is 1. The van der Waals surface area contributed by atoms with Gasteiger partial charge in [-0.05, 0) is 59.6 Å². The van der Waals surface area contributed by atoms with Crippen LogP contribution in [0.25, 0.3) is 0 Å². The molecule has 1 aliphatic rings. The zero-order valence-corrected chi connectivity index (χ0v) is 12.9. The summed E-state index contributed by atoms with van der Waals surface area (Å²) in [5, 5.41) is 4.26. The summed E-state index contributed by atoms with van der Waals surface area (Å²) in [6.07, 6.45) is 4.14. The van der Waals surface area contributed by atoms with Gasteiger partial charge in [0, 0.05) is 24.1 Å². The fourth-order valence-corrected chi connectivity index (χ4v) is 2.85. The quantitative estimate of drug-likeness (QED) is 0.828. The molecule has 0 bridgehead atoms. The molecule has 18 heavy (non-hydrogen) atoms. The van der Waals surface area contributed by atoms with Crippen molar-refractivity contribution in [3.63, 3.8) is 0 Å². The number of nitrogens with one attached hydrogen (secondary N) is 1. The van der Waals surface area contributed by atoms with Gasteiger partial charge < -0.3 is 10.2 Å². The molecule has 0 atom stereocenters. The number of likely N-dealkylation sites (tertiary alicyclic amines) is 1. The smallest absolute Gasteiger partial charge is 0.0548 e. The van der Waals surface area contributed by atoms with Gasteiger partial charge in [-0.2, -0.15) is 0 Å². The molecule has 100 valence electrons. The van der Waals surface area contributed by atoms with Gasteiger partial charge in [0.25, 0.3) is 0 Å². The van der Waals surface area contributed by atoms with Crippen LogP contribution in [0.2, 0.25) is 5.02 Å². The van der Waals surface area contributed by atoms with Gasteiger partial charge in [0.1, 0.15) is 0 Å². The summed E-state index contributed by atoms with van der Waals surface area (Å²) in [5.74, 6) is 0. The molecule has 0 unspecified atom stereocenters. The molecule has 0 radical (unpaired) electrons. The van der Waals surface area contributed by atoms with Gasteiger partial charge in [-0.25, -0.2) is 0 Å². The molecule has 1 N–H and O–H groups in total. The van der Waals surface area contributed by atoms with E-state index in [4.69, 9.17) is 11.6 Å². The van der Waals surface area contributed by atoms with Gasteiger partial charge in [-0.1, -0.05) is 24.1 Å². The first-order valence-electron chi connectivity index (χ1n) is 6.63. The molecule has 1 fully saturated rings. The Bertz CT molecular complexity index is 378. The second-order valence-electron chi connectivity index (χ2n) is 4.83. The molecule has 0 aliphatic carbocycles. The van der Waals surface area contributed by atoms with E-state index in [1.165, 1.54) is 37.9 Å². The number of halogens is 2. The van der Waals surface area contributed by atoms with Crippen LogP contribution in [0.5, 0.6) is 0 Å². The van der Waals surface area contributed by atoms with Crippen molar-refractivity contribution in [1.29, 1.82) is 0 Å². The Morgan fingerprint density at radius 2 is 2.00 bits per heavy atom. The summed E-state index contributed by atoms with van der Waals surface area (Å²) in [5.41, 5.74) is 1.27. The molecule has 0 amide bonds. The Morgan fingerprint density at radius 1 is 1.22 bits per heavy atom. The third-order valence-electron chi connectivity index (χ3n) is 3.37. The maximum absolute atomic E-state index is 5.97. The molecule has 1 aromatic rings. The summed E-state index contributed by atoms with van der Waals surface area (Å²) in [6, 6.07) is 6.09. The van der Waals surface area contributed by atoms with E-state index in [2.05, 4.69) is 38.3 Å². The summed E-state index contributed by atoms with van der Waals surface area (Å²) in [7, 11) is 0. The zero-order chi connectivity index (χ0) is 12.8. The van der Waals surface area contributed by atoms with E-state index >= 15 is 0 Å². The molecule has 2 rings (SSSR count). The molecule has 0 saturated carbocycles. The van der Waals surface area contributed by atoms with Crippen molar-refractivity contribution < 1.29 is 0 Å². The van der Waals surface area contributed by atoms with Crippen molar-refractivity contribution in [1.82, 2.24) is 10.2 Å². The third-order valence-corrected chi connectivity index (χ3v) is 4.58. The maximum atomic E-state index is 5.97. The van der Waals surface area contributed by atoms with Gasteiger partial charge in [0.15, 0.2) is 0 Å². The highest BCUT2D eigenvalue weighted by molar-refractivity contribution is 9.10. The standard InChI is InChI=1S/C14H20BrClN2/c15-13-10-12(4-5-14(13)16)11-17-6-9-18-7-2-1-3-8-18/h4-5,10,17H,1-3,6-9,11H2. The van der Waals surface area contributed by atoms with Crippen LogP contribution in [-0.2, 0) is 6.54 Å². The maximum Gasteiger partial charge on any atom is 0.0548 e. The molecular formula is C14H20BrClN2. The fourth-order valence-electron chi connectivity index (χ4n) is 2.30. The second-order valence-corrected chi connectivity index (χ2v) is 6.09. The lowest BCUT2D eigenvalue weighted by atomic mass is 10.1. The normalized spacial score (nSPS) is 17.0. The Balaban J connectivity index is 1.66. The van der Waals surface area contributed by atoms with Crippen LogP contribution in [0.1, 0.15) is 24.8 Å². The van der Waals surface area contributed by atoms with Crippen LogP contribution in [0.4, 0.5) is 0 Å². The Labute approximate surface area is 123 Å². The monoisotopic (exact) mass is 330 g/mol. The highest BCUT2D eigenvalue weighted by atomic mass is 79.9. The predicted octanol–water partition coefficient (Wildman–Crippen LogP) is 3.68. The number of rotatable bonds is 5. The third kappa shape index (κ3) is 4.54. The number of benzene rings is 1. The van der Waals surface area contributed by atoms with E-state index in [0.29, 0.717) is 0 Å². The Kier molecular flexibility index (Phi) is 5.96. The first-order valence-corrected chi connectivity index (χ1v) is 7.80. The van der Waals surface area contributed by atoms with E-state index in [1.54, 1.807) is 0 Å². The van der Waals surface area contributed by atoms with Crippen LogP contribution in [0.15, 0.2) is 22.7 Å². The largest absolute Gasteiger partial charge is 0.311 e. The van der Waals surface area contributed by atoms with E-state index in [0.717, 1.165) is 29.1 Å². The van der Waals surface area contributed by atoms with Crippen molar-refractivity contribution in [3.05, 3.63) is 33.3 Å². The van der Waals surface area contributed by atoms with Crippen LogP contribution in [0, 0.1) is 0 Å². The van der Waals surface area contributed by atoms with Gasteiger partial charge in [-0.15, -0.1) is 0 Å². The SMILES string of the molecule is Clc1ccc(CNCCN2CCCCC2)cc1Br. The molecular weight excluding hydrogens is 312 g/mol. The van der Waals surface area contributed by atoms with E-state index < -0.39 is 0 Å². The second kappa shape index (κ2) is 7.49. The molecule has 0 aromatic heterocycles. The summed E-state index contributed by atoms with van der Waals surface area (Å²) < 4.78 is 0.972. The Morgan fingerprint density at radius 3 is 2.72 bits per heavy atom. The van der Waals surface area contributed by atoms with E-state index in [9.17, 15) is 0 Å². The van der Waals surface area contributed by atoms with Crippen molar-refractivity contribution in [2.45, 2.75) is 25.8 Å². The summed E-state index contributed by atoms with van der Waals surface area (Å²) >= 11 is 9.42. The average Bonchev–Trinajstić information content (AvgIpc) is 2.40. The highest BCUT2D eigenvalue weighted by Crippen LogP contribution is 2.23. The van der Waals surface area contributed by atoms with Crippen LogP contribution in [0.3, 0.4) is 0 Å². The minimum atomic E-state index is 0.770. The lowest BCUT2D eigenvalue weighted by Gasteiger charge is -2.26. The first-order chi connectivity index (χ1) is 8.75. The summed E-state index contributed by atoms with van der Waals surface area (Å²) in [6.45, 7) is 5.67.